The van der Waals surface area contributed by atoms with Crippen molar-refractivity contribution in [2.75, 3.05) is 19.6 Å². The molecule has 1 aromatic heterocycles. The first-order valence-corrected chi connectivity index (χ1v) is 8.12. The zero-order valence-corrected chi connectivity index (χ0v) is 14.3. The second kappa shape index (κ2) is 9.34. The van der Waals surface area contributed by atoms with Gasteiger partial charge in [-0.2, -0.15) is 4.80 Å². The van der Waals surface area contributed by atoms with Gasteiger partial charge in [0.05, 0.1) is 0 Å². The molecule has 130 valence electrons. The molecule has 0 spiro atoms. The van der Waals surface area contributed by atoms with Crippen LogP contribution in [0.25, 0.3) is 11.4 Å². The zero-order chi connectivity index (χ0) is 15.9. The number of hydrogen-bond donors (Lipinski definition) is 2. The Labute approximate surface area is 147 Å². The summed E-state index contributed by atoms with van der Waals surface area (Å²) < 4.78 is 0. The molecule has 0 radical (unpaired) electrons. The topological polar surface area (TPSA) is 84.7 Å². The summed E-state index contributed by atoms with van der Waals surface area (Å²) in [6, 6.07) is 9.61. The molecule has 1 aliphatic rings. The van der Waals surface area contributed by atoms with Gasteiger partial charge in [0.25, 0.3) is 0 Å². The Kier molecular flexibility index (Phi) is 7.14. The summed E-state index contributed by atoms with van der Waals surface area (Å²) in [5.41, 5.74) is 0.893. The summed E-state index contributed by atoms with van der Waals surface area (Å²) in [4.78, 5) is 13.3. The van der Waals surface area contributed by atoms with Crippen molar-refractivity contribution in [3.8, 4) is 11.4 Å². The SMILES string of the molecule is Cl.O=C(Cn1nnc(-c2ccccc2)n1)NCCC1CCCNC1. The third kappa shape index (κ3) is 5.28. The Bertz CT molecular complexity index is 627. The lowest BCUT2D eigenvalue weighted by molar-refractivity contribution is -0.122. The first-order chi connectivity index (χ1) is 11.3. The number of piperidine rings is 1. The highest BCUT2D eigenvalue weighted by molar-refractivity contribution is 5.85. The lowest BCUT2D eigenvalue weighted by Crippen LogP contribution is -2.34. The van der Waals surface area contributed by atoms with Crippen LogP contribution in [-0.4, -0.2) is 45.7 Å². The van der Waals surface area contributed by atoms with E-state index in [9.17, 15) is 4.79 Å². The van der Waals surface area contributed by atoms with E-state index in [1.807, 2.05) is 30.3 Å². The summed E-state index contributed by atoms with van der Waals surface area (Å²) >= 11 is 0. The van der Waals surface area contributed by atoms with Crippen molar-refractivity contribution in [1.82, 2.24) is 30.8 Å². The largest absolute Gasteiger partial charge is 0.354 e. The summed E-state index contributed by atoms with van der Waals surface area (Å²) in [6.45, 7) is 2.97. The van der Waals surface area contributed by atoms with Gasteiger partial charge in [0.2, 0.25) is 11.7 Å². The molecule has 1 aliphatic heterocycles. The second-order valence-corrected chi connectivity index (χ2v) is 5.86. The highest BCUT2D eigenvalue weighted by Crippen LogP contribution is 2.13. The highest BCUT2D eigenvalue weighted by Gasteiger charge is 2.13. The zero-order valence-electron chi connectivity index (χ0n) is 13.5. The molecule has 8 heteroatoms. The van der Waals surface area contributed by atoms with Crippen molar-refractivity contribution in [2.45, 2.75) is 25.8 Å². The van der Waals surface area contributed by atoms with E-state index in [1.54, 1.807) is 0 Å². The lowest BCUT2D eigenvalue weighted by Gasteiger charge is -2.22. The molecule has 7 nitrogen and oxygen atoms in total. The maximum absolute atomic E-state index is 11.9. The molecule has 1 atom stereocenters. The van der Waals surface area contributed by atoms with E-state index in [-0.39, 0.29) is 24.9 Å². The number of carbonyl (C=O) groups is 1. The van der Waals surface area contributed by atoms with E-state index in [1.165, 1.54) is 17.6 Å². The van der Waals surface area contributed by atoms with Gasteiger partial charge in [0, 0.05) is 12.1 Å². The molecule has 1 unspecified atom stereocenters. The normalized spacial score (nSPS) is 17.1. The van der Waals surface area contributed by atoms with Gasteiger partial charge in [-0.15, -0.1) is 22.6 Å². The number of aromatic nitrogens is 4. The van der Waals surface area contributed by atoms with Gasteiger partial charge < -0.3 is 10.6 Å². The van der Waals surface area contributed by atoms with E-state index in [0.717, 1.165) is 25.1 Å². The minimum Gasteiger partial charge on any atom is -0.354 e. The quantitative estimate of drug-likeness (QED) is 0.819. The minimum absolute atomic E-state index is 0. The number of rotatable bonds is 6. The Morgan fingerprint density at radius 2 is 2.17 bits per heavy atom. The van der Waals surface area contributed by atoms with Crippen molar-refractivity contribution in [2.24, 2.45) is 5.92 Å². The fourth-order valence-electron chi connectivity index (χ4n) is 2.78. The fourth-order valence-corrected chi connectivity index (χ4v) is 2.78. The summed E-state index contributed by atoms with van der Waals surface area (Å²) in [5.74, 6) is 1.12. The van der Waals surface area contributed by atoms with Crippen molar-refractivity contribution in [3.05, 3.63) is 30.3 Å². The fraction of sp³-hybridized carbons (Fsp3) is 0.500. The molecule has 0 aliphatic carbocycles. The third-order valence-electron chi connectivity index (χ3n) is 4.04. The predicted octanol–water partition coefficient (Wildman–Crippen LogP) is 1.27. The van der Waals surface area contributed by atoms with Crippen LogP contribution in [-0.2, 0) is 11.3 Å². The standard InChI is InChI=1S/C16H22N6O.ClH/c23-15(18-10-8-13-5-4-9-17-11-13)12-22-20-16(19-21-22)14-6-2-1-3-7-14;/h1-3,6-7,13,17H,4-5,8-12H2,(H,18,23);1H. The first-order valence-electron chi connectivity index (χ1n) is 8.12. The van der Waals surface area contributed by atoms with Crippen molar-refractivity contribution < 1.29 is 4.79 Å². The van der Waals surface area contributed by atoms with Crippen LogP contribution >= 0.6 is 12.4 Å². The molecular weight excluding hydrogens is 328 g/mol. The molecule has 1 fully saturated rings. The van der Waals surface area contributed by atoms with E-state index in [4.69, 9.17) is 0 Å². The molecule has 0 saturated carbocycles. The van der Waals surface area contributed by atoms with Crippen LogP contribution in [0.1, 0.15) is 19.3 Å². The predicted molar refractivity (Wildman–Crippen MR) is 93.7 cm³/mol. The van der Waals surface area contributed by atoms with Crippen LogP contribution in [0.5, 0.6) is 0 Å². The molecule has 1 amide bonds. The van der Waals surface area contributed by atoms with Crippen molar-refractivity contribution >= 4 is 18.3 Å². The van der Waals surface area contributed by atoms with Gasteiger partial charge in [0.15, 0.2) is 0 Å². The monoisotopic (exact) mass is 350 g/mol. The van der Waals surface area contributed by atoms with E-state index < -0.39 is 0 Å². The van der Waals surface area contributed by atoms with Crippen LogP contribution in [0.3, 0.4) is 0 Å². The number of hydrogen-bond acceptors (Lipinski definition) is 5. The number of tetrazole rings is 1. The third-order valence-corrected chi connectivity index (χ3v) is 4.04. The number of nitrogens with one attached hydrogen (secondary N) is 2. The van der Waals surface area contributed by atoms with Crippen molar-refractivity contribution in [1.29, 1.82) is 0 Å². The number of carbonyl (C=O) groups excluding carboxylic acids is 1. The first kappa shape index (κ1) is 18.4. The lowest BCUT2D eigenvalue weighted by atomic mass is 9.96. The molecule has 24 heavy (non-hydrogen) atoms. The van der Waals surface area contributed by atoms with Gasteiger partial charge in [-0.05, 0) is 43.5 Å². The number of benzene rings is 1. The summed E-state index contributed by atoms with van der Waals surface area (Å²) in [5, 5.41) is 18.5. The maximum atomic E-state index is 11.9. The van der Waals surface area contributed by atoms with Gasteiger partial charge in [0.1, 0.15) is 6.54 Å². The molecular formula is C16H23ClN6O. The summed E-state index contributed by atoms with van der Waals surface area (Å²) in [6.07, 6.45) is 3.48. The van der Waals surface area contributed by atoms with Gasteiger partial charge in [-0.25, -0.2) is 0 Å². The number of amides is 1. The molecule has 1 aromatic carbocycles. The van der Waals surface area contributed by atoms with Crippen LogP contribution in [0.15, 0.2) is 30.3 Å². The smallest absolute Gasteiger partial charge is 0.243 e. The van der Waals surface area contributed by atoms with Crippen LogP contribution in [0, 0.1) is 5.92 Å². The second-order valence-electron chi connectivity index (χ2n) is 5.86. The minimum atomic E-state index is -0.0780. The Balaban J connectivity index is 0.00000208. The molecule has 2 heterocycles. The number of nitrogens with zero attached hydrogens (tertiary/aromatic N) is 4. The van der Waals surface area contributed by atoms with Crippen LogP contribution in [0.4, 0.5) is 0 Å². The molecule has 2 aromatic rings. The Morgan fingerprint density at radius 3 is 2.92 bits per heavy atom. The van der Waals surface area contributed by atoms with Crippen LogP contribution in [0.2, 0.25) is 0 Å². The average Bonchev–Trinajstić information content (AvgIpc) is 3.05. The van der Waals surface area contributed by atoms with Gasteiger partial charge in [-0.1, -0.05) is 30.3 Å². The van der Waals surface area contributed by atoms with Crippen LogP contribution < -0.4 is 10.6 Å². The van der Waals surface area contributed by atoms with E-state index in [2.05, 4.69) is 26.0 Å². The van der Waals surface area contributed by atoms with Gasteiger partial charge in [-0.3, -0.25) is 4.79 Å². The van der Waals surface area contributed by atoms with Crippen molar-refractivity contribution in [3.63, 3.8) is 0 Å². The van der Waals surface area contributed by atoms with Gasteiger partial charge >= 0.3 is 0 Å². The maximum Gasteiger partial charge on any atom is 0.243 e. The Hall–Kier alpha value is -1.99. The summed E-state index contributed by atoms with van der Waals surface area (Å²) in [7, 11) is 0. The highest BCUT2D eigenvalue weighted by atomic mass is 35.5. The Morgan fingerprint density at radius 1 is 1.33 bits per heavy atom. The molecule has 0 bridgehead atoms. The van der Waals surface area contributed by atoms with E-state index in [0.29, 0.717) is 18.3 Å². The molecule has 3 rings (SSSR count). The average molecular weight is 351 g/mol. The van der Waals surface area contributed by atoms with E-state index >= 15 is 0 Å². The molecule has 1 saturated heterocycles. The molecule has 2 N–H and O–H groups in total. The number of halogens is 1.